The van der Waals surface area contributed by atoms with Crippen LogP contribution in [0.2, 0.25) is 0 Å². The molecule has 0 radical (unpaired) electrons. The van der Waals surface area contributed by atoms with Gasteiger partial charge in [0.05, 0.1) is 16.6 Å². The van der Waals surface area contributed by atoms with Crippen LogP contribution in [0, 0.1) is 11.3 Å². The molecule has 5 nitrogen and oxygen atoms in total. The molecule has 1 aromatic carbocycles. The van der Waals surface area contributed by atoms with Crippen molar-refractivity contribution in [2.24, 2.45) is 0 Å². The standard InChI is InChI=1S/C22H24N2O3/c1-13(2)6-9-24-10-8-21-18-14-3-4-15(12-23)19(18)27-20(21)16(25)5-7-22(21,26)17(24)11-14/h3-4,6,17,20,26H,5,7-11H2,1-2H3/t17-,20?,21+,22?/m1/s1. The van der Waals surface area contributed by atoms with E-state index in [0.717, 1.165) is 30.6 Å². The molecular weight excluding hydrogens is 340 g/mol. The van der Waals surface area contributed by atoms with Gasteiger partial charge in [-0.25, -0.2) is 0 Å². The molecule has 27 heavy (non-hydrogen) atoms. The van der Waals surface area contributed by atoms with Crippen LogP contribution < -0.4 is 4.74 Å². The number of nitriles is 1. The fourth-order valence-electron chi connectivity index (χ4n) is 6.03. The molecule has 140 valence electrons. The van der Waals surface area contributed by atoms with E-state index in [9.17, 15) is 15.2 Å². The van der Waals surface area contributed by atoms with Gasteiger partial charge in [-0.3, -0.25) is 9.69 Å². The first kappa shape index (κ1) is 17.0. The molecule has 2 heterocycles. The summed E-state index contributed by atoms with van der Waals surface area (Å²) in [5, 5.41) is 21.6. The van der Waals surface area contributed by atoms with Gasteiger partial charge in [-0.15, -0.1) is 0 Å². The Kier molecular flexibility index (Phi) is 3.42. The van der Waals surface area contributed by atoms with Crippen LogP contribution in [-0.2, 0) is 16.6 Å². The normalized spacial score (nSPS) is 35.9. The van der Waals surface area contributed by atoms with Gasteiger partial charge in [-0.2, -0.15) is 5.26 Å². The van der Waals surface area contributed by atoms with Gasteiger partial charge < -0.3 is 9.84 Å². The second-order valence-corrected chi connectivity index (χ2v) is 8.69. The summed E-state index contributed by atoms with van der Waals surface area (Å²) in [6.45, 7) is 5.81. The number of carbonyl (C=O) groups is 1. The Balaban J connectivity index is 1.72. The number of nitrogens with zero attached hydrogens (tertiary/aromatic N) is 2. The lowest BCUT2D eigenvalue weighted by atomic mass is 9.49. The molecule has 1 aromatic rings. The van der Waals surface area contributed by atoms with Crippen molar-refractivity contribution in [1.82, 2.24) is 4.90 Å². The Morgan fingerprint density at radius 1 is 1.44 bits per heavy atom. The molecule has 0 amide bonds. The lowest BCUT2D eigenvalue weighted by Gasteiger charge is -2.62. The molecule has 0 aromatic heterocycles. The quantitative estimate of drug-likeness (QED) is 0.815. The minimum atomic E-state index is -0.994. The lowest BCUT2D eigenvalue weighted by Crippen LogP contribution is -2.76. The summed E-state index contributed by atoms with van der Waals surface area (Å²) in [5.74, 6) is 0.606. The van der Waals surface area contributed by atoms with Gasteiger partial charge in [0, 0.05) is 31.1 Å². The highest BCUT2D eigenvalue weighted by Gasteiger charge is 2.72. The predicted octanol–water partition coefficient (Wildman–Crippen LogP) is 2.25. The first-order valence-electron chi connectivity index (χ1n) is 9.78. The number of ether oxygens (including phenoxy) is 1. The Morgan fingerprint density at radius 3 is 3.00 bits per heavy atom. The maximum atomic E-state index is 12.8. The minimum absolute atomic E-state index is 0.0348. The van der Waals surface area contributed by atoms with Gasteiger partial charge in [0.25, 0.3) is 0 Å². The molecule has 4 aliphatic rings. The third-order valence-electron chi connectivity index (χ3n) is 7.24. The van der Waals surface area contributed by atoms with Crippen molar-refractivity contribution in [3.05, 3.63) is 40.5 Å². The Morgan fingerprint density at radius 2 is 2.26 bits per heavy atom. The van der Waals surface area contributed by atoms with E-state index in [4.69, 9.17) is 4.74 Å². The Hall–Kier alpha value is -2.16. The predicted molar refractivity (Wildman–Crippen MR) is 99.6 cm³/mol. The minimum Gasteiger partial charge on any atom is -0.480 e. The number of hydrogen-bond acceptors (Lipinski definition) is 5. The number of Topliss-reactive ketones (excluding diaryl/α,β-unsaturated/α-hetero) is 1. The fraction of sp³-hybridized carbons (Fsp3) is 0.545. The molecule has 1 saturated heterocycles. The number of carbonyl (C=O) groups excluding carboxylic acids is 1. The molecule has 2 unspecified atom stereocenters. The summed E-state index contributed by atoms with van der Waals surface area (Å²) >= 11 is 0. The van der Waals surface area contributed by atoms with Crippen molar-refractivity contribution >= 4 is 5.78 Å². The lowest BCUT2D eigenvalue weighted by molar-refractivity contribution is -0.187. The molecule has 1 N–H and O–H groups in total. The molecule has 1 saturated carbocycles. The van der Waals surface area contributed by atoms with E-state index in [-0.39, 0.29) is 11.8 Å². The highest BCUT2D eigenvalue weighted by Crippen LogP contribution is 2.63. The highest BCUT2D eigenvalue weighted by molar-refractivity contribution is 5.90. The molecule has 2 bridgehead atoms. The summed E-state index contributed by atoms with van der Waals surface area (Å²) in [7, 11) is 0. The summed E-state index contributed by atoms with van der Waals surface area (Å²) in [5.41, 5.74) is 2.10. The second kappa shape index (κ2) is 5.43. The molecule has 5 heteroatoms. The van der Waals surface area contributed by atoms with Gasteiger partial charge in [0.15, 0.2) is 11.9 Å². The molecule has 5 rings (SSSR count). The smallest absolute Gasteiger partial charge is 0.174 e. The van der Waals surface area contributed by atoms with Crippen LogP contribution in [-0.4, -0.2) is 46.6 Å². The van der Waals surface area contributed by atoms with Crippen LogP contribution in [0.5, 0.6) is 5.75 Å². The van der Waals surface area contributed by atoms with Crippen molar-refractivity contribution in [1.29, 1.82) is 5.26 Å². The summed E-state index contributed by atoms with van der Waals surface area (Å²) < 4.78 is 6.15. The number of benzene rings is 1. The van der Waals surface area contributed by atoms with Gasteiger partial charge in [-0.1, -0.05) is 17.7 Å². The number of piperidine rings is 1. The zero-order valence-corrected chi connectivity index (χ0v) is 15.8. The first-order valence-corrected chi connectivity index (χ1v) is 9.78. The average molecular weight is 364 g/mol. The number of aliphatic hydroxyl groups is 1. The molecule has 4 atom stereocenters. The Labute approximate surface area is 159 Å². The zero-order chi connectivity index (χ0) is 19.0. The first-order chi connectivity index (χ1) is 12.9. The number of likely N-dealkylation sites (tertiary alicyclic amines) is 1. The summed E-state index contributed by atoms with van der Waals surface area (Å²) in [6, 6.07) is 5.97. The van der Waals surface area contributed by atoms with Gasteiger partial charge in [0.1, 0.15) is 11.8 Å². The second-order valence-electron chi connectivity index (χ2n) is 8.69. The van der Waals surface area contributed by atoms with Crippen LogP contribution in [0.1, 0.15) is 49.8 Å². The Bertz CT molecular complexity index is 926. The van der Waals surface area contributed by atoms with E-state index in [2.05, 4.69) is 30.9 Å². The van der Waals surface area contributed by atoms with Gasteiger partial charge in [-0.05, 0) is 44.7 Å². The van der Waals surface area contributed by atoms with E-state index in [1.807, 2.05) is 6.07 Å². The van der Waals surface area contributed by atoms with Crippen molar-refractivity contribution in [2.75, 3.05) is 13.1 Å². The van der Waals surface area contributed by atoms with Crippen LogP contribution in [0.4, 0.5) is 0 Å². The number of hydrogen-bond donors (Lipinski definition) is 1. The van der Waals surface area contributed by atoms with E-state index in [1.54, 1.807) is 6.07 Å². The van der Waals surface area contributed by atoms with Gasteiger partial charge >= 0.3 is 0 Å². The van der Waals surface area contributed by atoms with E-state index < -0.39 is 17.1 Å². The van der Waals surface area contributed by atoms with Crippen molar-refractivity contribution < 1.29 is 14.6 Å². The molecule has 2 fully saturated rings. The number of allylic oxidation sites excluding steroid dienone is 1. The maximum Gasteiger partial charge on any atom is 0.174 e. The SMILES string of the molecule is CC(C)=CCN1CC[C@]23c4c5ccc(C#N)c4OC2C(=O)CCC3(O)[C@H]1C5. The number of rotatable bonds is 2. The van der Waals surface area contributed by atoms with E-state index >= 15 is 0 Å². The third-order valence-corrected chi connectivity index (χ3v) is 7.24. The van der Waals surface area contributed by atoms with E-state index in [0.29, 0.717) is 30.6 Å². The summed E-state index contributed by atoms with van der Waals surface area (Å²) in [6.07, 6.45) is 3.76. The summed E-state index contributed by atoms with van der Waals surface area (Å²) in [4.78, 5) is 15.2. The van der Waals surface area contributed by atoms with Crippen LogP contribution >= 0.6 is 0 Å². The van der Waals surface area contributed by atoms with E-state index in [1.165, 1.54) is 5.57 Å². The molecule has 1 spiro atoms. The molecular formula is C22H24N2O3. The van der Waals surface area contributed by atoms with Crippen molar-refractivity contribution in [3.63, 3.8) is 0 Å². The molecule has 2 aliphatic heterocycles. The molecule has 2 aliphatic carbocycles. The maximum absolute atomic E-state index is 12.8. The van der Waals surface area contributed by atoms with Gasteiger partial charge in [0.2, 0.25) is 0 Å². The largest absolute Gasteiger partial charge is 0.480 e. The monoisotopic (exact) mass is 364 g/mol. The van der Waals surface area contributed by atoms with Crippen molar-refractivity contribution in [3.8, 4) is 11.8 Å². The third kappa shape index (κ3) is 1.93. The highest BCUT2D eigenvalue weighted by atomic mass is 16.5. The topological polar surface area (TPSA) is 73.6 Å². The zero-order valence-electron chi connectivity index (χ0n) is 15.8. The van der Waals surface area contributed by atoms with Crippen LogP contribution in [0.15, 0.2) is 23.8 Å². The van der Waals surface area contributed by atoms with Crippen molar-refractivity contribution in [2.45, 2.75) is 62.7 Å². The fourth-order valence-corrected chi connectivity index (χ4v) is 6.03. The number of ketones is 1. The average Bonchev–Trinajstić information content (AvgIpc) is 2.99. The van der Waals surface area contributed by atoms with Crippen LogP contribution in [0.3, 0.4) is 0 Å². The van der Waals surface area contributed by atoms with Crippen LogP contribution in [0.25, 0.3) is 0 Å².